The summed E-state index contributed by atoms with van der Waals surface area (Å²) in [7, 11) is 0. The molecule has 96 valence electrons. The first-order valence-corrected chi connectivity index (χ1v) is 5.88. The zero-order valence-corrected chi connectivity index (χ0v) is 10.2. The molecule has 1 aromatic carbocycles. The van der Waals surface area contributed by atoms with Crippen LogP contribution in [0.25, 0.3) is 6.08 Å². The summed E-state index contributed by atoms with van der Waals surface area (Å²) in [6, 6.07) is 9.91. The fourth-order valence-electron chi connectivity index (χ4n) is 1.62. The molecule has 1 heterocycles. The van der Waals surface area contributed by atoms with Crippen molar-refractivity contribution in [2.24, 2.45) is 0 Å². The molecule has 0 aromatic heterocycles. The topological polar surface area (TPSA) is 44.8 Å². The first-order valence-electron chi connectivity index (χ1n) is 5.88. The highest BCUT2D eigenvalue weighted by Crippen LogP contribution is 2.14. The molecule has 0 amide bonds. The van der Waals surface area contributed by atoms with Crippen LogP contribution in [0.2, 0.25) is 0 Å². The van der Waals surface area contributed by atoms with Crippen molar-refractivity contribution in [2.75, 3.05) is 13.2 Å². The maximum Gasteiger partial charge on any atom is 0.302 e. The van der Waals surface area contributed by atoms with E-state index in [4.69, 9.17) is 14.2 Å². The SMILES string of the molecule is CC(=O)OC[C@@H]1CO[C@H](/C=C\c2ccccc2)O1. The zero-order chi connectivity index (χ0) is 12.8. The van der Waals surface area contributed by atoms with Gasteiger partial charge in [-0.3, -0.25) is 4.79 Å². The Hall–Kier alpha value is -1.65. The van der Waals surface area contributed by atoms with Crippen LogP contribution in [-0.4, -0.2) is 31.6 Å². The molecule has 0 N–H and O–H groups in total. The van der Waals surface area contributed by atoms with Gasteiger partial charge in [0.2, 0.25) is 0 Å². The lowest BCUT2D eigenvalue weighted by Gasteiger charge is -2.08. The Kier molecular flexibility index (Phi) is 4.50. The maximum absolute atomic E-state index is 10.7. The van der Waals surface area contributed by atoms with Crippen molar-refractivity contribution in [2.45, 2.75) is 19.3 Å². The summed E-state index contributed by atoms with van der Waals surface area (Å²) in [6.07, 6.45) is 3.24. The molecular weight excluding hydrogens is 232 g/mol. The molecule has 1 aliphatic rings. The van der Waals surface area contributed by atoms with Crippen LogP contribution < -0.4 is 0 Å². The number of rotatable bonds is 4. The number of hydrogen-bond donors (Lipinski definition) is 0. The van der Waals surface area contributed by atoms with Crippen molar-refractivity contribution in [1.29, 1.82) is 0 Å². The molecule has 1 saturated heterocycles. The van der Waals surface area contributed by atoms with E-state index in [2.05, 4.69) is 0 Å². The highest BCUT2D eigenvalue weighted by Gasteiger charge is 2.24. The number of carbonyl (C=O) groups excluding carboxylic acids is 1. The van der Waals surface area contributed by atoms with Gasteiger partial charge in [0, 0.05) is 6.92 Å². The predicted octanol–water partition coefficient (Wildman–Crippen LogP) is 2.00. The molecule has 0 aliphatic carbocycles. The minimum absolute atomic E-state index is 0.181. The van der Waals surface area contributed by atoms with E-state index >= 15 is 0 Å². The molecule has 4 heteroatoms. The average Bonchev–Trinajstić information content (AvgIpc) is 2.83. The van der Waals surface area contributed by atoms with Gasteiger partial charge in [0.05, 0.1) is 6.61 Å². The second-order valence-corrected chi connectivity index (χ2v) is 4.03. The molecule has 0 unspecified atom stereocenters. The minimum Gasteiger partial charge on any atom is -0.463 e. The third kappa shape index (κ3) is 3.98. The van der Waals surface area contributed by atoms with E-state index in [0.29, 0.717) is 6.61 Å². The van der Waals surface area contributed by atoms with Gasteiger partial charge < -0.3 is 14.2 Å². The van der Waals surface area contributed by atoms with Crippen LogP contribution in [0.5, 0.6) is 0 Å². The van der Waals surface area contributed by atoms with Gasteiger partial charge in [0.1, 0.15) is 12.7 Å². The van der Waals surface area contributed by atoms with Crippen molar-refractivity contribution < 1.29 is 19.0 Å². The van der Waals surface area contributed by atoms with Crippen LogP contribution in [0, 0.1) is 0 Å². The van der Waals surface area contributed by atoms with Crippen LogP contribution in [0.3, 0.4) is 0 Å². The predicted molar refractivity (Wildman–Crippen MR) is 66.7 cm³/mol. The Morgan fingerprint density at radius 1 is 1.44 bits per heavy atom. The fraction of sp³-hybridized carbons (Fsp3) is 0.357. The van der Waals surface area contributed by atoms with E-state index in [1.54, 1.807) is 0 Å². The van der Waals surface area contributed by atoms with Gasteiger partial charge in [0.15, 0.2) is 6.29 Å². The molecule has 0 radical (unpaired) electrons. The summed E-state index contributed by atoms with van der Waals surface area (Å²) in [4.78, 5) is 10.7. The largest absolute Gasteiger partial charge is 0.463 e. The lowest BCUT2D eigenvalue weighted by molar-refractivity contribution is -0.144. The smallest absolute Gasteiger partial charge is 0.302 e. The van der Waals surface area contributed by atoms with Gasteiger partial charge in [0.25, 0.3) is 0 Å². The summed E-state index contributed by atoms with van der Waals surface area (Å²) in [5.41, 5.74) is 1.09. The lowest BCUT2D eigenvalue weighted by atomic mass is 10.2. The summed E-state index contributed by atoms with van der Waals surface area (Å²) in [5, 5.41) is 0. The quantitative estimate of drug-likeness (QED) is 0.764. The van der Waals surface area contributed by atoms with E-state index in [1.807, 2.05) is 42.5 Å². The number of ether oxygens (including phenoxy) is 3. The lowest BCUT2D eigenvalue weighted by Crippen LogP contribution is -2.20. The average molecular weight is 248 g/mol. The third-order valence-electron chi connectivity index (χ3n) is 2.49. The normalized spacial score (nSPS) is 23.4. The van der Waals surface area contributed by atoms with E-state index in [0.717, 1.165) is 5.56 Å². The fourth-order valence-corrected chi connectivity index (χ4v) is 1.62. The second kappa shape index (κ2) is 6.33. The Labute approximate surface area is 106 Å². The van der Waals surface area contributed by atoms with Crippen molar-refractivity contribution in [3.8, 4) is 0 Å². The molecule has 4 nitrogen and oxygen atoms in total. The van der Waals surface area contributed by atoms with Crippen LogP contribution >= 0.6 is 0 Å². The molecule has 1 fully saturated rings. The highest BCUT2D eigenvalue weighted by atomic mass is 16.7. The molecule has 0 saturated carbocycles. The van der Waals surface area contributed by atoms with Crippen molar-refractivity contribution >= 4 is 12.0 Å². The molecule has 0 bridgehead atoms. The van der Waals surface area contributed by atoms with Crippen LogP contribution in [0.15, 0.2) is 36.4 Å². The van der Waals surface area contributed by atoms with Gasteiger partial charge >= 0.3 is 5.97 Å². The van der Waals surface area contributed by atoms with Crippen LogP contribution in [0.4, 0.5) is 0 Å². The number of hydrogen-bond acceptors (Lipinski definition) is 4. The highest BCUT2D eigenvalue weighted by molar-refractivity contribution is 5.65. The number of esters is 1. The number of carbonyl (C=O) groups is 1. The first-order chi connectivity index (χ1) is 8.74. The molecule has 1 aliphatic heterocycles. The van der Waals surface area contributed by atoms with Crippen molar-refractivity contribution in [1.82, 2.24) is 0 Å². The van der Waals surface area contributed by atoms with E-state index in [1.165, 1.54) is 6.92 Å². The Morgan fingerprint density at radius 3 is 2.94 bits per heavy atom. The monoisotopic (exact) mass is 248 g/mol. The van der Waals surface area contributed by atoms with E-state index in [9.17, 15) is 4.79 Å². The standard InChI is InChI=1S/C14H16O4/c1-11(15)16-9-13-10-17-14(18-13)8-7-12-5-3-2-4-6-12/h2-8,13-14H,9-10H2,1H3/b8-7-/t13-,14+/m1/s1. The van der Waals surface area contributed by atoms with Gasteiger partial charge in [-0.15, -0.1) is 0 Å². The van der Waals surface area contributed by atoms with E-state index in [-0.39, 0.29) is 25.0 Å². The Morgan fingerprint density at radius 2 is 2.22 bits per heavy atom. The van der Waals surface area contributed by atoms with Gasteiger partial charge in [-0.2, -0.15) is 0 Å². The maximum atomic E-state index is 10.7. The molecule has 2 atom stereocenters. The summed E-state index contributed by atoms with van der Waals surface area (Å²) in [6.45, 7) is 2.06. The molecule has 18 heavy (non-hydrogen) atoms. The first kappa shape index (κ1) is 12.8. The van der Waals surface area contributed by atoms with Gasteiger partial charge in [-0.05, 0) is 11.6 Å². The van der Waals surface area contributed by atoms with E-state index < -0.39 is 0 Å². The molecule has 2 rings (SSSR count). The summed E-state index contributed by atoms with van der Waals surface area (Å²) in [5.74, 6) is -0.304. The molecule has 1 aromatic rings. The second-order valence-electron chi connectivity index (χ2n) is 4.03. The Balaban J connectivity index is 1.79. The molecule has 0 spiro atoms. The van der Waals surface area contributed by atoms with Crippen LogP contribution in [-0.2, 0) is 19.0 Å². The van der Waals surface area contributed by atoms with Crippen LogP contribution in [0.1, 0.15) is 12.5 Å². The number of benzene rings is 1. The third-order valence-corrected chi connectivity index (χ3v) is 2.49. The minimum atomic E-state index is -0.370. The van der Waals surface area contributed by atoms with Crippen molar-refractivity contribution in [3.05, 3.63) is 42.0 Å². The summed E-state index contributed by atoms with van der Waals surface area (Å²) >= 11 is 0. The zero-order valence-electron chi connectivity index (χ0n) is 10.2. The molecular formula is C14H16O4. The van der Waals surface area contributed by atoms with Gasteiger partial charge in [-0.1, -0.05) is 36.4 Å². The van der Waals surface area contributed by atoms with Gasteiger partial charge in [-0.25, -0.2) is 0 Å². The van der Waals surface area contributed by atoms with Crippen molar-refractivity contribution in [3.63, 3.8) is 0 Å². The summed E-state index contributed by atoms with van der Waals surface area (Å²) < 4.78 is 15.8. The Bertz CT molecular complexity index is 413.